The molecule has 2 heterocycles. The second-order valence-electron chi connectivity index (χ2n) is 3.40. The van der Waals surface area contributed by atoms with E-state index in [1.807, 2.05) is 12.1 Å². The molecular formula is C11H14N4S. The van der Waals surface area contributed by atoms with Crippen LogP contribution in [0.2, 0.25) is 0 Å². The molecule has 0 saturated heterocycles. The zero-order valence-electron chi connectivity index (χ0n) is 9.18. The van der Waals surface area contributed by atoms with E-state index in [2.05, 4.69) is 32.8 Å². The first-order valence-electron chi connectivity index (χ1n) is 5.29. The summed E-state index contributed by atoms with van der Waals surface area (Å²) < 4.78 is 0. The molecule has 4 nitrogen and oxygen atoms in total. The van der Waals surface area contributed by atoms with Crippen LogP contribution in [0.3, 0.4) is 0 Å². The zero-order chi connectivity index (χ0) is 11.2. The summed E-state index contributed by atoms with van der Waals surface area (Å²) in [5, 5.41) is 14.4. The normalized spacial score (nSPS) is 10.6. The van der Waals surface area contributed by atoms with Crippen LogP contribution in [0.1, 0.15) is 23.3 Å². The first kappa shape index (κ1) is 11.2. The number of nitrogens with zero attached hydrogens (tertiary/aromatic N) is 3. The number of aryl methyl sites for hydroxylation is 1. The summed E-state index contributed by atoms with van der Waals surface area (Å²) in [5.74, 6) is 0. The average Bonchev–Trinajstić information content (AvgIpc) is 2.78. The monoisotopic (exact) mass is 234 g/mol. The maximum Gasteiger partial charge on any atom is 0.0926 e. The van der Waals surface area contributed by atoms with Crippen LogP contribution < -0.4 is 5.32 Å². The standard InChI is InChI=1S/C11H14N4S/c1-2-11-14-10(8-16-11)7-12-6-9-4-3-5-13-15-9/h3-5,8,12H,2,6-7H2,1H3. The number of aromatic nitrogens is 3. The molecule has 0 spiro atoms. The summed E-state index contributed by atoms with van der Waals surface area (Å²) in [6.07, 6.45) is 2.69. The van der Waals surface area contributed by atoms with Gasteiger partial charge in [0.15, 0.2) is 0 Å². The molecule has 0 radical (unpaired) electrons. The van der Waals surface area contributed by atoms with E-state index in [0.717, 1.165) is 30.9 Å². The molecule has 0 amide bonds. The average molecular weight is 234 g/mol. The van der Waals surface area contributed by atoms with Gasteiger partial charge in [0, 0.05) is 24.7 Å². The highest BCUT2D eigenvalue weighted by Gasteiger charge is 2.00. The third-order valence-corrected chi connectivity index (χ3v) is 3.18. The Morgan fingerprint density at radius 3 is 2.88 bits per heavy atom. The molecule has 0 atom stereocenters. The van der Waals surface area contributed by atoms with E-state index < -0.39 is 0 Å². The second-order valence-corrected chi connectivity index (χ2v) is 4.35. The van der Waals surface area contributed by atoms with Crippen molar-refractivity contribution in [2.24, 2.45) is 0 Å². The highest BCUT2D eigenvalue weighted by atomic mass is 32.1. The predicted molar refractivity (Wildman–Crippen MR) is 64.1 cm³/mol. The van der Waals surface area contributed by atoms with E-state index in [9.17, 15) is 0 Å². The summed E-state index contributed by atoms with van der Waals surface area (Å²) in [4.78, 5) is 4.48. The lowest BCUT2D eigenvalue weighted by atomic mass is 10.4. The van der Waals surface area contributed by atoms with Gasteiger partial charge < -0.3 is 5.32 Å². The molecule has 84 valence electrons. The number of hydrogen-bond donors (Lipinski definition) is 1. The summed E-state index contributed by atoms with van der Waals surface area (Å²) in [6.45, 7) is 3.63. The number of thiazole rings is 1. The number of hydrogen-bond acceptors (Lipinski definition) is 5. The van der Waals surface area contributed by atoms with Gasteiger partial charge in [0.05, 0.1) is 16.4 Å². The fourth-order valence-corrected chi connectivity index (χ4v) is 2.08. The molecule has 0 aliphatic carbocycles. The first-order chi connectivity index (χ1) is 7.88. The molecule has 0 unspecified atom stereocenters. The van der Waals surface area contributed by atoms with E-state index in [0.29, 0.717) is 0 Å². The summed E-state index contributed by atoms with van der Waals surface area (Å²) in [6, 6.07) is 3.85. The molecule has 2 aromatic rings. The lowest BCUT2D eigenvalue weighted by Crippen LogP contribution is -2.14. The van der Waals surface area contributed by atoms with Gasteiger partial charge >= 0.3 is 0 Å². The highest BCUT2D eigenvalue weighted by molar-refractivity contribution is 7.09. The molecule has 0 aliphatic rings. The van der Waals surface area contributed by atoms with E-state index in [1.165, 1.54) is 5.01 Å². The fourth-order valence-electron chi connectivity index (χ4n) is 1.34. The molecule has 16 heavy (non-hydrogen) atoms. The van der Waals surface area contributed by atoms with Crippen molar-refractivity contribution in [3.8, 4) is 0 Å². The lowest BCUT2D eigenvalue weighted by Gasteiger charge is -2.00. The molecular weight excluding hydrogens is 220 g/mol. The molecule has 0 aromatic carbocycles. The van der Waals surface area contributed by atoms with Gasteiger partial charge in [0.2, 0.25) is 0 Å². The van der Waals surface area contributed by atoms with Gasteiger partial charge in [-0.15, -0.1) is 11.3 Å². The van der Waals surface area contributed by atoms with Gasteiger partial charge in [-0.1, -0.05) is 6.92 Å². The minimum absolute atomic E-state index is 0.729. The van der Waals surface area contributed by atoms with E-state index in [1.54, 1.807) is 17.5 Å². The van der Waals surface area contributed by atoms with E-state index in [4.69, 9.17) is 0 Å². The molecule has 1 N–H and O–H groups in total. The summed E-state index contributed by atoms with van der Waals surface area (Å²) in [5.41, 5.74) is 2.05. The SMILES string of the molecule is CCc1nc(CNCc2cccnn2)cs1. The largest absolute Gasteiger partial charge is 0.305 e. The lowest BCUT2D eigenvalue weighted by molar-refractivity contribution is 0.660. The van der Waals surface area contributed by atoms with Gasteiger partial charge in [0.1, 0.15) is 0 Å². The smallest absolute Gasteiger partial charge is 0.0926 e. The van der Waals surface area contributed by atoms with Crippen LogP contribution in [-0.2, 0) is 19.5 Å². The Hall–Kier alpha value is -1.33. The van der Waals surface area contributed by atoms with Gasteiger partial charge in [-0.05, 0) is 18.6 Å². The topological polar surface area (TPSA) is 50.7 Å². The first-order valence-corrected chi connectivity index (χ1v) is 6.17. The molecule has 0 fully saturated rings. The van der Waals surface area contributed by atoms with Gasteiger partial charge in [0.25, 0.3) is 0 Å². The van der Waals surface area contributed by atoms with Crippen LogP contribution in [0.4, 0.5) is 0 Å². The van der Waals surface area contributed by atoms with Crippen molar-refractivity contribution in [2.75, 3.05) is 0 Å². The zero-order valence-corrected chi connectivity index (χ0v) is 10.00. The minimum atomic E-state index is 0.729. The summed E-state index contributed by atoms with van der Waals surface area (Å²) in [7, 11) is 0. The van der Waals surface area contributed by atoms with Gasteiger partial charge in [-0.2, -0.15) is 10.2 Å². The Balaban J connectivity index is 1.80. The van der Waals surface area contributed by atoms with E-state index >= 15 is 0 Å². The van der Waals surface area contributed by atoms with Crippen molar-refractivity contribution in [1.29, 1.82) is 0 Å². The number of nitrogens with one attached hydrogen (secondary N) is 1. The summed E-state index contributed by atoms with van der Waals surface area (Å²) >= 11 is 1.72. The number of rotatable bonds is 5. The Kier molecular flexibility index (Phi) is 3.96. The maximum atomic E-state index is 4.48. The van der Waals surface area contributed by atoms with Gasteiger partial charge in [-0.25, -0.2) is 4.98 Å². The molecule has 0 bridgehead atoms. The van der Waals surface area contributed by atoms with Crippen molar-refractivity contribution in [3.05, 3.63) is 40.1 Å². The molecule has 2 rings (SSSR count). The van der Waals surface area contributed by atoms with Crippen molar-refractivity contribution in [3.63, 3.8) is 0 Å². The van der Waals surface area contributed by atoms with Gasteiger partial charge in [-0.3, -0.25) is 0 Å². The quantitative estimate of drug-likeness (QED) is 0.857. The minimum Gasteiger partial charge on any atom is -0.305 e. The second kappa shape index (κ2) is 5.67. The van der Waals surface area contributed by atoms with Crippen LogP contribution in [0.15, 0.2) is 23.7 Å². The van der Waals surface area contributed by atoms with Crippen LogP contribution in [0.5, 0.6) is 0 Å². The third kappa shape index (κ3) is 3.08. The molecule has 0 saturated carbocycles. The Bertz CT molecular complexity index is 427. The Morgan fingerprint density at radius 2 is 2.19 bits per heavy atom. The van der Waals surface area contributed by atoms with Crippen molar-refractivity contribution < 1.29 is 0 Å². The maximum absolute atomic E-state index is 4.48. The molecule has 2 aromatic heterocycles. The van der Waals surface area contributed by atoms with Crippen LogP contribution in [-0.4, -0.2) is 15.2 Å². The Morgan fingerprint density at radius 1 is 1.31 bits per heavy atom. The van der Waals surface area contributed by atoms with Crippen LogP contribution in [0, 0.1) is 0 Å². The molecule has 0 aliphatic heterocycles. The van der Waals surface area contributed by atoms with Crippen LogP contribution in [0.25, 0.3) is 0 Å². The van der Waals surface area contributed by atoms with Crippen LogP contribution >= 0.6 is 11.3 Å². The van der Waals surface area contributed by atoms with Crippen molar-refractivity contribution >= 4 is 11.3 Å². The fraction of sp³-hybridized carbons (Fsp3) is 0.364. The molecule has 5 heteroatoms. The van der Waals surface area contributed by atoms with Crippen molar-refractivity contribution in [1.82, 2.24) is 20.5 Å². The van der Waals surface area contributed by atoms with Crippen molar-refractivity contribution in [2.45, 2.75) is 26.4 Å². The highest BCUT2D eigenvalue weighted by Crippen LogP contribution is 2.09. The van der Waals surface area contributed by atoms with E-state index in [-0.39, 0.29) is 0 Å². The predicted octanol–water partition coefficient (Wildman–Crippen LogP) is 1.79. The third-order valence-electron chi connectivity index (χ3n) is 2.14. The Labute approximate surface area is 98.8 Å².